The lowest BCUT2D eigenvalue weighted by Gasteiger charge is -2.33. The molecule has 2 aliphatic rings. The third kappa shape index (κ3) is 2.58. The van der Waals surface area contributed by atoms with Crippen molar-refractivity contribution in [3.05, 3.63) is 29.8 Å². The number of rotatable bonds is 4. The monoisotopic (exact) mass is 272 g/mol. The van der Waals surface area contributed by atoms with Crippen molar-refractivity contribution < 1.29 is 0 Å². The van der Waals surface area contributed by atoms with Gasteiger partial charge in [-0.25, -0.2) is 0 Å². The second-order valence-electron chi connectivity index (χ2n) is 6.52. The number of anilines is 1. The first-order chi connectivity index (χ1) is 9.81. The summed E-state index contributed by atoms with van der Waals surface area (Å²) in [5.41, 5.74) is 2.93. The van der Waals surface area contributed by atoms with Gasteiger partial charge in [-0.3, -0.25) is 0 Å². The Labute approximate surface area is 123 Å². The lowest BCUT2D eigenvalue weighted by Crippen LogP contribution is -2.35. The van der Waals surface area contributed by atoms with E-state index in [4.69, 9.17) is 0 Å². The largest absolute Gasteiger partial charge is 0.368 e. The van der Waals surface area contributed by atoms with Crippen molar-refractivity contribution in [2.75, 3.05) is 18.5 Å². The maximum atomic E-state index is 3.40. The molecule has 1 aliphatic heterocycles. The number of nitrogens with one attached hydrogen (secondary N) is 1. The van der Waals surface area contributed by atoms with Crippen LogP contribution in [0.2, 0.25) is 0 Å². The van der Waals surface area contributed by atoms with Gasteiger partial charge < -0.3 is 10.2 Å². The molecule has 2 heteroatoms. The molecule has 1 saturated heterocycles. The summed E-state index contributed by atoms with van der Waals surface area (Å²) in [7, 11) is 2.06. The summed E-state index contributed by atoms with van der Waals surface area (Å²) in [4.78, 5) is 2.72. The van der Waals surface area contributed by atoms with Crippen molar-refractivity contribution >= 4 is 5.69 Å². The number of benzene rings is 1. The van der Waals surface area contributed by atoms with E-state index in [1.165, 1.54) is 56.3 Å². The topological polar surface area (TPSA) is 15.3 Å². The number of hydrogen-bond donors (Lipinski definition) is 1. The second kappa shape index (κ2) is 6.17. The summed E-state index contributed by atoms with van der Waals surface area (Å²) < 4.78 is 0. The van der Waals surface area contributed by atoms with Gasteiger partial charge in [0.05, 0.1) is 0 Å². The first-order valence-corrected chi connectivity index (χ1v) is 8.34. The van der Waals surface area contributed by atoms with Crippen LogP contribution in [0.15, 0.2) is 24.3 Å². The molecule has 1 heterocycles. The van der Waals surface area contributed by atoms with Gasteiger partial charge in [0.1, 0.15) is 0 Å². The first-order valence-electron chi connectivity index (χ1n) is 8.34. The zero-order chi connectivity index (χ0) is 13.9. The summed E-state index contributed by atoms with van der Waals surface area (Å²) in [6.07, 6.45) is 8.55. The highest BCUT2D eigenvalue weighted by Crippen LogP contribution is 2.39. The Morgan fingerprint density at radius 3 is 2.60 bits per heavy atom. The minimum Gasteiger partial charge on any atom is -0.368 e. The van der Waals surface area contributed by atoms with Crippen molar-refractivity contribution in [2.24, 2.45) is 5.92 Å². The zero-order valence-corrected chi connectivity index (χ0v) is 12.9. The molecule has 2 fully saturated rings. The standard InChI is InChI=1S/C18H28N2/c1-14(19-2)16-10-5-6-11-18(16)20-13-7-12-17(20)15-8-3-4-9-15/h5-6,10-11,14-15,17,19H,3-4,7-9,12-13H2,1-2H3. The normalized spacial score (nSPS) is 25.3. The summed E-state index contributed by atoms with van der Waals surface area (Å²) >= 11 is 0. The van der Waals surface area contributed by atoms with E-state index in [1.54, 1.807) is 0 Å². The maximum Gasteiger partial charge on any atom is 0.0417 e. The molecule has 0 aromatic heterocycles. The molecule has 0 radical (unpaired) electrons. The third-order valence-corrected chi connectivity index (χ3v) is 5.39. The van der Waals surface area contributed by atoms with Crippen molar-refractivity contribution in [1.82, 2.24) is 5.32 Å². The van der Waals surface area contributed by atoms with Crippen LogP contribution in [0.4, 0.5) is 5.69 Å². The average molecular weight is 272 g/mol. The van der Waals surface area contributed by atoms with Crippen LogP contribution in [0.25, 0.3) is 0 Å². The summed E-state index contributed by atoms with van der Waals surface area (Å²) in [6, 6.07) is 10.2. The quantitative estimate of drug-likeness (QED) is 0.886. The molecule has 0 spiro atoms. The zero-order valence-electron chi connectivity index (χ0n) is 12.9. The smallest absolute Gasteiger partial charge is 0.0417 e. The van der Waals surface area contributed by atoms with E-state index in [-0.39, 0.29) is 0 Å². The molecule has 110 valence electrons. The number of nitrogens with zero attached hydrogens (tertiary/aromatic N) is 1. The van der Waals surface area contributed by atoms with Gasteiger partial charge in [0.25, 0.3) is 0 Å². The molecule has 2 unspecified atom stereocenters. The van der Waals surface area contributed by atoms with Gasteiger partial charge >= 0.3 is 0 Å². The Balaban J connectivity index is 1.87. The van der Waals surface area contributed by atoms with E-state index < -0.39 is 0 Å². The molecule has 3 rings (SSSR count). The average Bonchev–Trinajstić information content (AvgIpc) is 3.16. The van der Waals surface area contributed by atoms with Crippen LogP contribution in [-0.2, 0) is 0 Å². The van der Waals surface area contributed by atoms with Gasteiger partial charge in [-0.1, -0.05) is 31.0 Å². The maximum absolute atomic E-state index is 3.40. The van der Waals surface area contributed by atoms with E-state index >= 15 is 0 Å². The van der Waals surface area contributed by atoms with E-state index in [1.807, 2.05) is 0 Å². The highest BCUT2D eigenvalue weighted by atomic mass is 15.2. The number of para-hydroxylation sites is 1. The summed E-state index contributed by atoms with van der Waals surface area (Å²) in [5, 5.41) is 3.40. The number of hydrogen-bond acceptors (Lipinski definition) is 2. The molecule has 2 nitrogen and oxygen atoms in total. The van der Waals surface area contributed by atoms with Gasteiger partial charge in [0, 0.05) is 24.3 Å². The molecule has 1 aliphatic carbocycles. The Morgan fingerprint density at radius 2 is 1.85 bits per heavy atom. The Morgan fingerprint density at radius 1 is 1.10 bits per heavy atom. The molecule has 0 bridgehead atoms. The molecule has 1 aromatic carbocycles. The SMILES string of the molecule is CNC(C)c1ccccc1N1CCCC1C1CCCC1. The predicted octanol–water partition coefficient (Wildman–Crippen LogP) is 4.13. The lowest BCUT2D eigenvalue weighted by atomic mass is 9.95. The fraction of sp³-hybridized carbons (Fsp3) is 0.667. The fourth-order valence-corrected chi connectivity index (χ4v) is 4.19. The van der Waals surface area contributed by atoms with Crippen LogP contribution < -0.4 is 10.2 Å². The van der Waals surface area contributed by atoms with E-state index in [0.29, 0.717) is 6.04 Å². The van der Waals surface area contributed by atoms with Gasteiger partial charge in [-0.05, 0) is 57.2 Å². The second-order valence-corrected chi connectivity index (χ2v) is 6.52. The fourth-order valence-electron chi connectivity index (χ4n) is 4.19. The third-order valence-electron chi connectivity index (χ3n) is 5.39. The predicted molar refractivity (Wildman–Crippen MR) is 86.2 cm³/mol. The minimum absolute atomic E-state index is 0.427. The van der Waals surface area contributed by atoms with Gasteiger partial charge in [-0.15, -0.1) is 0 Å². The van der Waals surface area contributed by atoms with Crippen molar-refractivity contribution in [2.45, 2.75) is 57.5 Å². The Hall–Kier alpha value is -1.02. The van der Waals surface area contributed by atoms with Crippen molar-refractivity contribution in [3.8, 4) is 0 Å². The summed E-state index contributed by atoms with van der Waals surface area (Å²) in [5.74, 6) is 0.940. The van der Waals surface area contributed by atoms with Crippen LogP contribution >= 0.6 is 0 Å². The molecular formula is C18H28N2. The molecule has 1 aromatic rings. The summed E-state index contributed by atoms with van der Waals surface area (Å²) in [6.45, 7) is 3.51. The van der Waals surface area contributed by atoms with Gasteiger partial charge in [-0.2, -0.15) is 0 Å². The van der Waals surface area contributed by atoms with Crippen molar-refractivity contribution in [1.29, 1.82) is 0 Å². The highest BCUT2D eigenvalue weighted by molar-refractivity contribution is 5.56. The molecule has 0 amide bonds. The molecule has 1 N–H and O–H groups in total. The van der Waals surface area contributed by atoms with Crippen LogP contribution in [0.5, 0.6) is 0 Å². The van der Waals surface area contributed by atoms with Crippen LogP contribution in [-0.4, -0.2) is 19.6 Å². The van der Waals surface area contributed by atoms with Crippen molar-refractivity contribution in [3.63, 3.8) is 0 Å². The van der Waals surface area contributed by atoms with Crippen LogP contribution in [0.3, 0.4) is 0 Å². The highest BCUT2D eigenvalue weighted by Gasteiger charge is 2.34. The molecule has 1 saturated carbocycles. The minimum atomic E-state index is 0.427. The van der Waals surface area contributed by atoms with E-state index in [9.17, 15) is 0 Å². The molecule has 20 heavy (non-hydrogen) atoms. The Bertz CT molecular complexity index is 437. The Kier molecular flexibility index (Phi) is 4.30. The lowest BCUT2D eigenvalue weighted by molar-refractivity contribution is 0.429. The van der Waals surface area contributed by atoms with Crippen LogP contribution in [0.1, 0.15) is 57.1 Å². The van der Waals surface area contributed by atoms with E-state index in [2.05, 4.69) is 48.5 Å². The molecular weight excluding hydrogens is 244 g/mol. The van der Waals surface area contributed by atoms with E-state index in [0.717, 1.165) is 12.0 Å². The van der Waals surface area contributed by atoms with Gasteiger partial charge in [0.15, 0.2) is 0 Å². The van der Waals surface area contributed by atoms with Crippen LogP contribution in [0, 0.1) is 5.92 Å². The molecule has 2 atom stereocenters. The van der Waals surface area contributed by atoms with Gasteiger partial charge in [0.2, 0.25) is 0 Å². The first kappa shape index (κ1) is 13.9.